The molecule has 0 spiro atoms. The Morgan fingerprint density at radius 3 is 2.04 bits per heavy atom. The fourth-order valence-corrected chi connectivity index (χ4v) is 3.79. The molecule has 0 aliphatic heterocycles. The molecule has 0 aromatic heterocycles. The first kappa shape index (κ1) is 21.5. The number of hydrogen-bond acceptors (Lipinski definition) is 5. The zero-order valence-corrected chi connectivity index (χ0v) is 16.3. The first-order valence-electron chi connectivity index (χ1n) is 7.48. The largest absolute Gasteiger partial charge is 0.367 e. The lowest BCUT2D eigenvalue weighted by atomic mass is 10.2. The lowest BCUT2D eigenvalue weighted by molar-refractivity contribution is -0.128. The third-order valence-electron chi connectivity index (χ3n) is 3.42. The molecule has 0 bridgehead atoms. The number of sulfonamides is 1. The summed E-state index contributed by atoms with van der Waals surface area (Å²) in [7, 11) is -4.16. The molecule has 2 aromatic rings. The van der Waals surface area contributed by atoms with Crippen molar-refractivity contribution in [2.24, 2.45) is 11.5 Å². The predicted octanol–water partition coefficient (Wildman–Crippen LogP) is 0.863. The Balaban J connectivity index is 2.33. The van der Waals surface area contributed by atoms with Gasteiger partial charge in [0.25, 0.3) is 15.9 Å². The topological polar surface area (TPSA) is 161 Å². The fourth-order valence-electron chi connectivity index (χ4n) is 2.08. The Morgan fingerprint density at radius 2 is 1.50 bits per heavy atom. The van der Waals surface area contributed by atoms with E-state index in [1.807, 2.05) is 5.32 Å². The highest BCUT2D eigenvalue weighted by Gasteiger charge is 2.26. The van der Waals surface area contributed by atoms with Crippen molar-refractivity contribution in [3.8, 4) is 0 Å². The minimum Gasteiger partial charge on any atom is -0.367 e. The van der Waals surface area contributed by atoms with Crippen LogP contribution in [-0.2, 0) is 19.6 Å². The zero-order chi connectivity index (χ0) is 21.1. The summed E-state index contributed by atoms with van der Waals surface area (Å²) in [6.07, 6.45) is 0. The maximum Gasteiger partial charge on any atom is 0.263 e. The summed E-state index contributed by atoms with van der Waals surface area (Å²) >= 11 is 11.7. The average Bonchev–Trinajstić information content (AvgIpc) is 2.60. The second kappa shape index (κ2) is 8.46. The van der Waals surface area contributed by atoms with Crippen molar-refractivity contribution in [1.82, 2.24) is 5.32 Å². The van der Waals surface area contributed by atoms with Gasteiger partial charge in [-0.25, -0.2) is 8.42 Å². The molecule has 0 fully saturated rings. The summed E-state index contributed by atoms with van der Waals surface area (Å²) < 4.78 is 27.5. The van der Waals surface area contributed by atoms with Crippen LogP contribution in [0.25, 0.3) is 0 Å². The van der Waals surface area contributed by atoms with Gasteiger partial charge in [0.15, 0.2) is 6.04 Å². The number of amides is 3. The van der Waals surface area contributed by atoms with Gasteiger partial charge in [0.1, 0.15) is 4.90 Å². The summed E-state index contributed by atoms with van der Waals surface area (Å²) in [5.41, 5.74) is 10.0. The average molecular weight is 445 g/mol. The van der Waals surface area contributed by atoms with Gasteiger partial charge in [0.05, 0.1) is 5.02 Å². The van der Waals surface area contributed by atoms with Crippen molar-refractivity contribution in [1.29, 1.82) is 0 Å². The van der Waals surface area contributed by atoms with Gasteiger partial charge < -0.3 is 16.8 Å². The first-order valence-corrected chi connectivity index (χ1v) is 9.72. The molecule has 148 valence electrons. The van der Waals surface area contributed by atoms with Gasteiger partial charge in [-0.2, -0.15) is 0 Å². The van der Waals surface area contributed by atoms with Gasteiger partial charge in [0, 0.05) is 16.3 Å². The molecule has 2 aromatic carbocycles. The Labute approximate surface area is 170 Å². The Hall–Kier alpha value is -2.82. The van der Waals surface area contributed by atoms with Crippen molar-refractivity contribution in [3.05, 3.63) is 58.1 Å². The SMILES string of the molecule is NC(=O)C(NC(=O)c1ccc(Cl)c(S(=O)(=O)Nc2ccc(Cl)cc2)c1)C(N)=O. The molecule has 0 heterocycles. The lowest BCUT2D eigenvalue weighted by Crippen LogP contribution is -2.52. The maximum atomic E-state index is 12.6. The van der Waals surface area contributed by atoms with E-state index in [1.165, 1.54) is 36.4 Å². The molecule has 9 nitrogen and oxygen atoms in total. The zero-order valence-electron chi connectivity index (χ0n) is 14.0. The minimum absolute atomic E-state index is 0.153. The summed E-state index contributed by atoms with van der Waals surface area (Å²) in [6, 6.07) is 7.46. The second-order valence-electron chi connectivity index (χ2n) is 5.47. The second-order valence-corrected chi connectivity index (χ2v) is 7.96. The highest BCUT2D eigenvalue weighted by molar-refractivity contribution is 7.92. The van der Waals surface area contributed by atoms with Crippen LogP contribution in [0.5, 0.6) is 0 Å². The van der Waals surface area contributed by atoms with Gasteiger partial charge in [-0.15, -0.1) is 0 Å². The van der Waals surface area contributed by atoms with Crippen LogP contribution in [0, 0.1) is 0 Å². The molecule has 0 radical (unpaired) electrons. The number of primary amides is 2. The number of carbonyl (C=O) groups is 3. The predicted molar refractivity (Wildman–Crippen MR) is 103 cm³/mol. The molecular weight excluding hydrogens is 431 g/mol. The molecule has 2 rings (SSSR count). The molecule has 6 N–H and O–H groups in total. The molecule has 28 heavy (non-hydrogen) atoms. The van der Waals surface area contributed by atoms with Gasteiger partial charge in [-0.3, -0.25) is 19.1 Å². The van der Waals surface area contributed by atoms with Gasteiger partial charge in [-0.05, 0) is 42.5 Å². The number of carbonyl (C=O) groups excluding carboxylic acids is 3. The van der Waals surface area contributed by atoms with Gasteiger partial charge >= 0.3 is 0 Å². The smallest absolute Gasteiger partial charge is 0.263 e. The van der Waals surface area contributed by atoms with Crippen LogP contribution in [0.3, 0.4) is 0 Å². The molecule has 0 saturated heterocycles. The highest BCUT2D eigenvalue weighted by atomic mass is 35.5. The van der Waals surface area contributed by atoms with Crippen LogP contribution in [0.1, 0.15) is 10.4 Å². The van der Waals surface area contributed by atoms with Crippen LogP contribution in [0.15, 0.2) is 47.4 Å². The van der Waals surface area contributed by atoms with E-state index in [9.17, 15) is 22.8 Å². The number of hydrogen-bond donors (Lipinski definition) is 4. The van der Waals surface area contributed by atoms with E-state index < -0.39 is 38.7 Å². The lowest BCUT2D eigenvalue weighted by Gasteiger charge is -2.14. The van der Waals surface area contributed by atoms with Crippen LogP contribution in [-0.4, -0.2) is 32.2 Å². The third-order valence-corrected chi connectivity index (χ3v) is 5.54. The Bertz CT molecular complexity index is 1030. The summed E-state index contributed by atoms with van der Waals surface area (Å²) in [5.74, 6) is -3.26. The summed E-state index contributed by atoms with van der Waals surface area (Å²) in [6.45, 7) is 0. The minimum atomic E-state index is -4.16. The number of benzene rings is 2. The van der Waals surface area contributed by atoms with Gasteiger partial charge in [0.2, 0.25) is 11.8 Å². The maximum absolute atomic E-state index is 12.6. The number of rotatable bonds is 7. The molecule has 12 heteroatoms. The molecule has 0 aliphatic carbocycles. The highest BCUT2D eigenvalue weighted by Crippen LogP contribution is 2.25. The summed E-state index contributed by atoms with van der Waals surface area (Å²) in [4.78, 5) is 34.2. The van der Waals surface area contributed by atoms with E-state index in [0.29, 0.717) is 5.02 Å². The monoisotopic (exact) mass is 444 g/mol. The molecule has 0 saturated carbocycles. The van der Waals surface area contributed by atoms with Crippen molar-refractivity contribution in [2.75, 3.05) is 4.72 Å². The van der Waals surface area contributed by atoms with Crippen LogP contribution in [0.2, 0.25) is 10.0 Å². The third kappa shape index (κ3) is 5.12. The number of anilines is 1. The normalized spacial score (nSPS) is 11.1. The van der Waals surface area contributed by atoms with E-state index in [0.717, 1.165) is 6.07 Å². The van der Waals surface area contributed by atoms with Gasteiger partial charge in [-0.1, -0.05) is 23.2 Å². The van der Waals surface area contributed by atoms with E-state index >= 15 is 0 Å². The van der Waals surface area contributed by atoms with Crippen LogP contribution < -0.4 is 21.5 Å². The van der Waals surface area contributed by atoms with E-state index in [4.69, 9.17) is 34.7 Å². The van der Waals surface area contributed by atoms with Crippen molar-refractivity contribution in [2.45, 2.75) is 10.9 Å². The Kier molecular flexibility index (Phi) is 6.49. The fraction of sp³-hybridized carbons (Fsp3) is 0.0625. The molecule has 0 aliphatic rings. The standard InChI is InChI=1S/C16H14Cl2N4O5S/c17-9-2-4-10(5-3-9)22-28(26,27)12-7-8(1-6-11(12)18)16(25)21-13(14(19)23)15(20)24/h1-7,13,22H,(H2,19,23)(H2,20,24)(H,21,25). The molecular formula is C16H14Cl2N4O5S. The van der Waals surface area contributed by atoms with Crippen LogP contribution in [0.4, 0.5) is 5.69 Å². The quantitative estimate of drug-likeness (QED) is 0.464. The summed E-state index contributed by atoms with van der Waals surface area (Å²) in [5, 5.41) is 2.29. The molecule has 0 atom stereocenters. The van der Waals surface area contributed by atoms with E-state index in [2.05, 4.69) is 4.72 Å². The number of nitrogens with one attached hydrogen (secondary N) is 2. The van der Waals surface area contributed by atoms with Crippen molar-refractivity contribution in [3.63, 3.8) is 0 Å². The van der Waals surface area contributed by atoms with Crippen LogP contribution >= 0.6 is 23.2 Å². The van der Waals surface area contributed by atoms with E-state index in [-0.39, 0.29) is 16.3 Å². The van der Waals surface area contributed by atoms with E-state index in [1.54, 1.807) is 0 Å². The van der Waals surface area contributed by atoms with Crippen molar-refractivity contribution >= 4 is 56.6 Å². The number of nitrogens with two attached hydrogens (primary N) is 2. The van der Waals surface area contributed by atoms with Crippen molar-refractivity contribution < 1.29 is 22.8 Å². The molecule has 0 unspecified atom stereocenters. The molecule has 3 amide bonds. The first-order chi connectivity index (χ1) is 13.0. The Morgan fingerprint density at radius 1 is 0.929 bits per heavy atom. The number of halogens is 2.